The summed E-state index contributed by atoms with van der Waals surface area (Å²) in [6.07, 6.45) is 6.50. The number of carbonyl (C=O) groups excluding carboxylic acids is 2. The number of carbonyl (C=O) groups is 2. The third-order valence-corrected chi connectivity index (χ3v) is 6.18. The molecule has 1 aromatic carbocycles. The molecule has 0 radical (unpaired) electrons. The number of amides is 2. The van der Waals surface area contributed by atoms with Gasteiger partial charge in [-0.1, -0.05) is 18.0 Å². The molecule has 0 saturated heterocycles. The summed E-state index contributed by atoms with van der Waals surface area (Å²) in [6, 6.07) is 10.2. The smallest absolute Gasteiger partial charge is 0.291 e. The van der Waals surface area contributed by atoms with Crippen LogP contribution < -0.4 is 10.6 Å². The second kappa shape index (κ2) is 8.20. The molecule has 2 N–H and O–H groups in total. The van der Waals surface area contributed by atoms with Crippen LogP contribution in [0.15, 0.2) is 47.1 Å². The van der Waals surface area contributed by atoms with Crippen molar-refractivity contribution in [1.29, 1.82) is 0 Å². The quantitative estimate of drug-likeness (QED) is 0.532. The Balaban J connectivity index is 1.66. The predicted octanol–water partition coefficient (Wildman–Crippen LogP) is 5.77. The molecule has 0 unspecified atom stereocenters. The third kappa shape index (κ3) is 3.98. The molecule has 0 atom stereocenters. The van der Waals surface area contributed by atoms with Crippen LogP contribution in [0.25, 0.3) is 0 Å². The number of fused-ring (bicyclic) bond motifs is 1. The van der Waals surface area contributed by atoms with Crippen molar-refractivity contribution in [2.45, 2.75) is 32.1 Å². The van der Waals surface area contributed by atoms with Gasteiger partial charge in [-0.25, -0.2) is 0 Å². The second-order valence-electron chi connectivity index (χ2n) is 6.66. The first-order valence-electron chi connectivity index (χ1n) is 9.18. The van der Waals surface area contributed by atoms with Crippen LogP contribution in [0.5, 0.6) is 0 Å². The summed E-state index contributed by atoms with van der Waals surface area (Å²) in [4.78, 5) is 26.8. The summed E-state index contributed by atoms with van der Waals surface area (Å²) in [5.74, 6) is -0.369. The molecule has 28 heavy (non-hydrogen) atoms. The van der Waals surface area contributed by atoms with Gasteiger partial charge in [0.1, 0.15) is 5.00 Å². The number of benzene rings is 1. The highest BCUT2D eigenvalue weighted by atomic mass is 35.5. The van der Waals surface area contributed by atoms with Crippen molar-refractivity contribution in [3.8, 4) is 0 Å². The molecule has 144 valence electrons. The van der Waals surface area contributed by atoms with Crippen molar-refractivity contribution in [2.75, 3.05) is 10.6 Å². The number of anilines is 2. The van der Waals surface area contributed by atoms with Gasteiger partial charge >= 0.3 is 0 Å². The van der Waals surface area contributed by atoms with Gasteiger partial charge in [-0.2, -0.15) is 0 Å². The monoisotopic (exact) mass is 414 g/mol. The molecule has 1 aliphatic carbocycles. The van der Waals surface area contributed by atoms with E-state index in [1.165, 1.54) is 22.5 Å². The fraction of sp³-hybridized carbons (Fsp3) is 0.238. The van der Waals surface area contributed by atoms with Crippen LogP contribution in [0.3, 0.4) is 0 Å². The maximum absolute atomic E-state index is 13.1. The van der Waals surface area contributed by atoms with Gasteiger partial charge in [0.05, 0.1) is 11.8 Å². The van der Waals surface area contributed by atoms with Crippen molar-refractivity contribution in [3.63, 3.8) is 0 Å². The van der Waals surface area contributed by atoms with Crippen molar-refractivity contribution in [1.82, 2.24) is 0 Å². The minimum absolute atomic E-state index is 0.215. The standard InChI is InChI=1S/C21H19ClN2O3S/c22-13-8-10-14(11-9-13)23-20(26)18-15-5-2-1-3-7-17(15)28-21(18)24-19(25)16-6-4-12-27-16/h4,6,8-12H,1-3,5,7H2,(H,23,26)(H,24,25). The van der Waals surface area contributed by atoms with E-state index in [1.54, 1.807) is 36.4 Å². The van der Waals surface area contributed by atoms with Crippen molar-refractivity contribution in [3.05, 3.63) is 69.4 Å². The van der Waals surface area contributed by atoms with Gasteiger partial charge in [-0.05, 0) is 67.6 Å². The Morgan fingerprint density at radius 3 is 2.50 bits per heavy atom. The summed E-state index contributed by atoms with van der Waals surface area (Å²) < 4.78 is 5.18. The number of hydrogen-bond acceptors (Lipinski definition) is 4. The summed E-state index contributed by atoms with van der Waals surface area (Å²) in [5, 5.41) is 6.97. The van der Waals surface area contributed by atoms with Crippen LogP contribution in [-0.2, 0) is 12.8 Å². The lowest BCUT2D eigenvalue weighted by molar-refractivity contribution is 0.0997. The summed E-state index contributed by atoms with van der Waals surface area (Å²) in [5.41, 5.74) is 2.26. The number of rotatable bonds is 4. The topological polar surface area (TPSA) is 71.3 Å². The van der Waals surface area contributed by atoms with Crippen LogP contribution in [-0.4, -0.2) is 11.8 Å². The average Bonchev–Trinajstić information content (AvgIpc) is 3.27. The SMILES string of the molecule is O=C(Nc1sc2c(c1C(=O)Nc1ccc(Cl)cc1)CCCCC2)c1ccco1. The molecule has 2 amide bonds. The normalized spacial score (nSPS) is 13.5. The number of furan rings is 1. The van der Waals surface area contributed by atoms with Crippen LogP contribution >= 0.6 is 22.9 Å². The highest BCUT2D eigenvalue weighted by molar-refractivity contribution is 7.17. The summed E-state index contributed by atoms with van der Waals surface area (Å²) >= 11 is 7.41. The molecule has 0 fully saturated rings. The highest BCUT2D eigenvalue weighted by Gasteiger charge is 2.26. The van der Waals surface area contributed by atoms with Gasteiger partial charge in [0, 0.05) is 15.6 Å². The van der Waals surface area contributed by atoms with Gasteiger partial charge in [0.15, 0.2) is 5.76 Å². The molecule has 5 nitrogen and oxygen atoms in total. The fourth-order valence-corrected chi connectivity index (χ4v) is 4.78. The predicted molar refractivity (Wildman–Crippen MR) is 112 cm³/mol. The van der Waals surface area contributed by atoms with Gasteiger partial charge in [0.2, 0.25) is 0 Å². The average molecular weight is 415 g/mol. The van der Waals surface area contributed by atoms with E-state index < -0.39 is 0 Å². The highest BCUT2D eigenvalue weighted by Crippen LogP contribution is 2.38. The van der Waals surface area contributed by atoms with Gasteiger partial charge in [-0.15, -0.1) is 11.3 Å². The Hall–Kier alpha value is -2.57. The molecule has 0 spiro atoms. The molecule has 2 heterocycles. The van der Waals surface area contributed by atoms with E-state index in [0.29, 0.717) is 21.3 Å². The zero-order valence-corrected chi connectivity index (χ0v) is 16.7. The molecule has 0 saturated carbocycles. The van der Waals surface area contributed by atoms with Gasteiger partial charge in [0.25, 0.3) is 11.8 Å². The number of thiophene rings is 1. The Morgan fingerprint density at radius 1 is 0.964 bits per heavy atom. The Labute approximate surface area is 171 Å². The van der Waals surface area contributed by atoms with Crippen molar-refractivity contribution >= 4 is 45.4 Å². The van der Waals surface area contributed by atoms with Crippen molar-refractivity contribution in [2.24, 2.45) is 0 Å². The van der Waals surface area contributed by atoms with Crippen molar-refractivity contribution < 1.29 is 14.0 Å². The van der Waals surface area contributed by atoms with E-state index in [0.717, 1.165) is 37.7 Å². The number of hydrogen-bond donors (Lipinski definition) is 2. The first kappa shape index (κ1) is 18.8. The maximum Gasteiger partial charge on any atom is 0.291 e. The molecule has 0 bridgehead atoms. The van der Waals surface area contributed by atoms with Gasteiger partial charge in [-0.3, -0.25) is 9.59 Å². The van der Waals surface area contributed by atoms with E-state index in [1.807, 2.05) is 0 Å². The number of halogens is 1. The van der Waals surface area contributed by atoms with Gasteiger partial charge < -0.3 is 15.1 Å². The van der Waals surface area contributed by atoms with E-state index in [-0.39, 0.29) is 17.6 Å². The lowest BCUT2D eigenvalue weighted by Crippen LogP contribution is -2.18. The Morgan fingerprint density at radius 2 is 1.75 bits per heavy atom. The summed E-state index contributed by atoms with van der Waals surface area (Å²) in [7, 11) is 0. The van der Waals surface area contributed by atoms with Crippen LogP contribution in [0, 0.1) is 0 Å². The Kier molecular flexibility index (Phi) is 5.50. The van der Waals surface area contributed by atoms with Crippen LogP contribution in [0.2, 0.25) is 5.02 Å². The summed E-state index contributed by atoms with van der Waals surface area (Å²) in [6.45, 7) is 0. The largest absolute Gasteiger partial charge is 0.459 e. The van der Waals surface area contributed by atoms with E-state index in [9.17, 15) is 9.59 Å². The van der Waals surface area contributed by atoms with Crippen LogP contribution in [0.4, 0.5) is 10.7 Å². The molecular weight excluding hydrogens is 396 g/mol. The zero-order chi connectivity index (χ0) is 19.5. The lowest BCUT2D eigenvalue weighted by Gasteiger charge is -2.10. The lowest BCUT2D eigenvalue weighted by atomic mass is 10.0. The Bertz CT molecular complexity index is 994. The first-order chi connectivity index (χ1) is 13.6. The molecule has 4 rings (SSSR count). The molecule has 3 aromatic rings. The molecule has 2 aromatic heterocycles. The minimum Gasteiger partial charge on any atom is -0.459 e. The minimum atomic E-state index is -0.359. The first-order valence-corrected chi connectivity index (χ1v) is 10.4. The zero-order valence-electron chi connectivity index (χ0n) is 15.1. The molecule has 0 aliphatic heterocycles. The third-order valence-electron chi connectivity index (χ3n) is 4.72. The van der Waals surface area contributed by atoms with E-state index >= 15 is 0 Å². The number of nitrogens with one attached hydrogen (secondary N) is 2. The van der Waals surface area contributed by atoms with Crippen LogP contribution in [0.1, 0.15) is 50.6 Å². The second-order valence-corrected chi connectivity index (χ2v) is 8.20. The number of aryl methyl sites for hydroxylation is 1. The fourth-order valence-electron chi connectivity index (χ4n) is 3.37. The molecule has 7 heteroatoms. The van der Waals surface area contributed by atoms with E-state index in [2.05, 4.69) is 10.6 Å². The maximum atomic E-state index is 13.1. The molecular formula is C21H19ClN2O3S. The van der Waals surface area contributed by atoms with E-state index in [4.69, 9.17) is 16.0 Å². The molecule has 1 aliphatic rings.